The van der Waals surface area contributed by atoms with E-state index in [-0.39, 0.29) is 10.5 Å². The van der Waals surface area contributed by atoms with Gasteiger partial charge in [0.1, 0.15) is 6.04 Å². The van der Waals surface area contributed by atoms with Gasteiger partial charge in [0.25, 0.3) is 0 Å². The summed E-state index contributed by atoms with van der Waals surface area (Å²) in [6.07, 6.45) is 0. The highest BCUT2D eigenvalue weighted by atomic mass is 32.2. The third-order valence-electron chi connectivity index (χ3n) is 3.29. The maximum Gasteiger partial charge on any atom is 0.419 e. The van der Waals surface area contributed by atoms with Gasteiger partial charge < -0.3 is 9.52 Å². The molecule has 2 N–H and O–H groups in total. The Morgan fingerprint density at radius 2 is 2.00 bits per heavy atom. The van der Waals surface area contributed by atoms with Crippen LogP contribution in [0.2, 0.25) is 0 Å². The monoisotopic (exact) mass is 328 g/mol. The molecule has 0 bridgehead atoms. The number of benzene rings is 1. The minimum Gasteiger partial charge on any atom is -0.480 e. The molecule has 2 rings (SSSR count). The third kappa shape index (κ3) is 2.90. The van der Waals surface area contributed by atoms with Crippen molar-refractivity contribution < 1.29 is 22.7 Å². The van der Waals surface area contributed by atoms with Crippen LogP contribution in [-0.2, 0) is 21.9 Å². The van der Waals surface area contributed by atoms with Crippen molar-refractivity contribution in [3.05, 3.63) is 28.7 Å². The largest absolute Gasteiger partial charge is 0.480 e. The molecule has 9 heteroatoms. The van der Waals surface area contributed by atoms with Crippen LogP contribution in [0.25, 0.3) is 11.1 Å². The van der Waals surface area contributed by atoms with Gasteiger partial charge in [-0.25, -0.2) is 13.2 Å². The molecule has 2 aromatic rings. The Hall–Kier alpha value is -2.13. The van der Waals surface area contributed by atoms with Crippen LogP contribution in [0.5, 0.6) is 0 Å². The Labute approximate surface area is 126 Å². The molecule has 0 aliphatic heterocycles. The molecule has 0 radical (unpaired) electrons. The summed E-state index contributed by atoms with van der Waals surface area (Å²) in [5.74, 6) is -2.29. The van der Waals surface area contributed by atoms with Crippen molar-refractivity contribution in [3.63, 3.8) is 0 Å². The van der Waals surface area contributed by atoms with E-state index in [1.807, 2.05) is 0 Å². The molecule has 0 fully saturated rings. The van der Waals surface area contributed by atoms with Crippen molar-refractivity contribution in [1.82, 2.24) is 9.29 Å². The highest BCUT2D eigenvalue weighted by Gasteiger charge is 2.28. The van der Waals surface area contributed by atoms with Gasteiger partial charge in [0, 0.05) is 13.1 Å². The summed E-state index contributed by atoms with van der Waals surface area (Å²) in [7, 11) is -2.55. The van der Waals surface area contributed by atoms with Crippen LogP contribution in [0.1, 0.15) is 13.8 Å². The average molecular weight is 328 g/mol. The summed E-state index contributed by atoms with van der Waals surface area (Å²) < 4.78 is 32.9. The second-order valence-electron chi connectivity index (χ2n) is 5.24. The number of hydrogen-bond acceptors (Lipinski definition) is 5. The number of aromatic nitrogens is 1. The van der Waals surface area contributed by atoms with E-state index < -0.39 is 33.7 Å². The Morgan fingerprint density at radius 1 is 1.36 bits per heavy atom. The first kappa shape index (κ1) is 16.2. The molecule has 1 aromatic carbocycles. The van der Waals surface area contributed by atoms with Crippen molar-refractivity contribution >= 4 is 27.1 Å². The van der Waals surface area contributed by atoms with Crippen LogP contribution in [0.15, 0.2) is 32.3 Å². The molecule has 0 saturated heterocycles. The molecule has 0 amide bonds. The molecule has 120 valence electrons. The van der Waals surface area contributed by atoms with Crippen LogP contribution < -0.4 is 10.5 Å². The van der Waals surface area contributed by atoms with Crippen LogP contribution >= 0.6 is 0 Å². The van der Waals surface area contributed by atoms with E-state index in [1.165, 1.54) is 29.8 Å². The van der Waals surface area contributed by atoms with Gasteiger partial charge in [-0.3, -0.25) is 9.36 Å². The highest BCUT2D eigenvalue weighted by molar-refractivity contribution is 7.89. The summed E-state index contributed by atoms with van der Waals surface area (Å²) in [6, 6.07) is 2.67. The van der Waals surface area contributed by atoms with Crippen molar-refractivity contribution in [2.24, 2.45) is 13.0 Å². The zero-order valence-electron chi connectivity index (χ0n) is 12.2. The predicted molar refractivity (Wildman–Crippen MR) is 78.0 cm³/mol. The number of hydrogen-bond donors (Lipinski definition) is 2. The number of carboxylic acid groups (broad SMARTS) is 1. The van der Waals surface area contributed by atoms with Gasteiger partial charge in [-0.1, -0.05) is 13.8 Å². The van der Waals surface area contributed by atoms with Gasteiger partial charge in [0.2, 0.25) is 10.0 Å². The van der Waals surface area contributed by atoms with E-state index in [2.05, 4.69) is 4.72 Å². The molecule has 0 unspecified atom stereocenters. The number of oxazole rings is 1. The van der Waals surface area contributed by atoms with Gasteiger partial charge in [0.15, 0.2) is 5.58 Å². The highest BCUT2D eigenvalue weighted by Crippen LogP contribution is 2.19. The molecule has 0 saturated carbocycles. The second kappa shape index (κ2) is 5.58. The smallest absolute Gasteiger partial charge is 0.419 e. The molecular weight excluding hydrogens is 312 g/mol. The summed E-state index contributed by atoms with van der Waals surface area (Å²) in [5.41, 5.74) is 0.564. The lowest BCUT2D eigenvalue weighted by molar-refractivity contribution is -0.140. The summed E-state index contributed by atoms with van der Waals surface area (Å²) in [6.45, 7) is 3.20. The molecule has 22 heavy (non-hydrogen) atoms. The SMILES string of the molecule is CC(C)[C@@H](NS(=O)(=O)c1ccc2c(c1)oc(=O)n2C)C(=O)O. The zero-order chi connectivity index (χ0) is 16.7. The van der Waals surface area contributed by atoms with Gasteiger partial charge in [-0.15, -0.1) is 0 Å². The fraction of sp³-hybridized carbons (Fsp3) is 0.385. The van der Waals surface area contributed by atoms with Crippen molar-refractivity contribution in [1.29, 1.82) is 0 Å². The van der Waals surface area contributed by atoms with Crippen molar-refractivity contribution in [2.45, 2.75) is 24.8 Å². The Balaban J connectivity index is 2.45. The number of carbonyl (C=O) groups is 1. The topological polar surface area (TPSA) is 119 Å². The molecule has 8 nitrogen and oxygen atoms in total. The average Bonchev–Trinajstić information content (AvgIpc) is 2.70. The number of fused-ring (bicyclic) bond motifs is 1. The lowest BCUT2D eigenvalue weighted by atomic mass is 10.1. The van der Waals surface area contributed by atoms with E-state index >= 15 is 0 Å². The zero-order valence-corrected chi connectivity index (χ0v) is 13.0. The summed E-state index contributed by atoms with van der Waals surface area (Å²) in [5, 5.41) is 9.08. The molecule has 0 aliphatic rings. The molecule has 1 aromatic heterocycles. The van der Waals surface area contributed by atoms with Gasteiger partial charge in [0.05, 0.1) is 10.4 Å². The fourth-order valence-corrected chi connectivity index (χ4v) is 3.34. The normalized spacial score (nSPS) is 13.6. The standard InChI is InChI=1S/C13H16N2O6S/c1-7(2)11(12(16)17)14-22(19,20)8-4-5-9-10(6-8)21-13(18)15(9)3/h4-7,11,14H,1-3H3,(H,16,17)/t11-/m1/s1. The first-order valence-electron chi connectivity index (χ1n) is 6.48. The quantitative estimate of drug-likeness (QED) is 0.826. The van der Waals surface area contributed by atoms with Crippen molar-refractivity contribution in [3.8, 4) is 0 Å². The Morgan fingerprint density at radius 3 is 2.55 bits per heavy atom. The fourth-order valence-electron chi connectivity index (χ4n) is 1.99. The van der Waals surface area contributed by atoms with Crippen LogP contribution in [-0.4, -0.2) is 30.1 Å². The van der Waals surface area contributed by atoms with Gasteiger partial charge in [-0.05, 0) is 18.1 Å². The minimum atomic E-state index is -4.05. The maximum atomic E-state index is 12.3. The maximum absolute atomic E-state index is 12.3. The molecule has 1 atom stereocenters. The van der Waals surface area contributed by atoms with Gasteiger partial charge >= 0.3 is 11.7 Å². The van der Waals surface area contributed by atoms with E-state index in [4.69, 9.17) is 9.52 Å². The van der Waals surface area contributed by atoms with E-state index in [1.54, 1.807) is 13.8 Å². The molecule has 0 aliphatic carbocycles. The number of aliphatic carboxylic acids is 1. The second-order valence-corrected chi connectivity index (χ2v) is 6.95. The molecule has 1 heterocycles. The van der Waals surface area contributed by atoms with Crippen LogP contribution in [0.4, 0.5) is 0 Å². The molecule has 0 spiro atoms. The van der Waals surface area contributed by atoms with Crippen LogP contribution in [0.3, 0.4) is 0 Å². The molecular formula is C13H16N2O6S. The number of aryl methyl sites for hydroxylation is 1. The van der Waals surface area contributed by atoms with Crippen LogP contribution in [0, 0.1) is 5.92 Å². The summed E-state index contributed by atoms with van der Waals surface area (Å²) >= 11 is 0. The van der Waals surface area contributed by atoms with Gasteiger partial charge in [-0.2, -0.15) is 4.72 Å². The Kier molecular flexibility index (Phi) is 4.12. The first-order chi connectivity index (χ1) is 10.1. The number of sulfonamides is 1. The number of rotatable bonds is 5. The number of nitrogens with zero attached hydrogens (tertiary/aromatic N) is 1. The van der Waals surface area contributed by atoms with E-state index in [0.29, 0.717) is 5.52 Å². The summed E-state index contributed by atoms with van der Waals surface area (Å²) in [4.78, 5) is 22.4. The third-order valence-corrected chi connectivity index (χ3v) is 4.73. The lowest BCUT2D eigenvalue weighted by Gasteiger charge is -2.17. The first-order valence-corrected chi connectivity index (χ1v) is 7.96. The lowest BCUT2D eigenvalue weighted by Crippen LogP contribution is -2.44. The number of nitrogens with one attached hydrogen (secondary N) is 1. The predicted octanol–water partition coefficient (Wildman–Crippen LogP) is 0.519. The van der Waals surface area contributed by atoms with Crippen molar-refractivity contribution in [2.75, 3.05) is 0 Å². The number of carboxylic acids is 1. The van der Waals surface area contributed by atoms with E-state index in [9.17, 15) is 18.0 Å². The Bertz CT molecular complexity index is 878. The minimum absolute atomic E-state index is 0.117. The van der Waals surface area contributed by atoms with E-state index in [0.717, 1.165) is 0 Å².